The van der Waals surface area contributed by atoms with Crippen LogP contribution in [0.2, 0.25) is 0 Å². The number of urea groups is 1. The van der Waals surface area contributed by atoms with Crippen LogP contribution < -0.4 is 9.64 Å². The lowest BCUT2D eigenvalue weighted by Crippen LogP contribution is -2.40. The van der Waals surface area contributed by atoms with E-state index in [-0.39, 0.29) is 6.03 Å². The van der Waals surface area contributed by atoms with Gasteiger partial charge < -0.3 is 9.64 Å². The molecule has 2 aromatic rings. The van der Waals surface area contributed by atoms with Gasteiger partial charge in [-0.3, -0.25) is 4.90 Å². The molecular formula is C18H22N2O2. The fourth-order valence-corrected chi connectivity index (χ4v) is 2.31. The summed E-state index contributed by atoms with van der Waals surface area (Å²) in [6.45, 7) is 5.32. The highest BCUT2D eigenvalue weighted by Gasteiger charge is 2.22. The van der Waals surface area contributed by atoms with E-state index >= 15 is 0 Å². The van der Waals surface area contributed by atoms with E-state index in [9.17, 15) is 4.79 Å². The predicted molar refractivity (Wildman–Crippen MR) is 89.9 cm³/mol. The van der Waals surface area contributed by atoms with Crippen LogP contribution in [0.1, 0.15) is 13.8 Å². The van der Waals surface area contributed by atoms with Gasteiger partial charge in [-0.25, -0.2) is 4.79 Å². The lowest BCUT2D eigenvalue weighted by atomic mass is 10.2. The number of nitrogens with zero attached hydrogens (tertiary/aromatic N) is 2. The Kier molecular flexibility index (Phi) is 5.42. The van der Waals surface area contributed by atoms with Crippen LogP contribution in [0.25, 0.3) is 0 Å². The van der Waals surface area contributed by atoms with E-state index in [0.29, 0.717) is 13.1 Å². The van der Waals surface area contributed by atoms with Crippen LogP contribution in [0, 0.1) is 0 Å². The molecule has 0 fully saturated rings. The quantitative estimate of drug-likeness (QED) is 0.824. The van der Waals surface area contributed by atoms with Crippen molar-refractivity contribution in [3.8, 4) is 5.75 Å². The second-order valence-electron chi connectivity index (χ2n) is 4.82. The van der Waals surface area contributed by atoms with Crippen molar-refractivity contribution >= 4 is 17.4 Å². The second-order valence-corrected chi connectivity index (χ2v) is 4.82. The maximum atomic E-state index is 12.9. The van der Waals surface area contributed by atoms with Gasteiger partial charge in [0.15, 0.2) is 0 Å². The molecule has 0 aliphatic carbocycles. The Morgan fingerprint density at radius 3 is 1.95 bits per heavy atom. The minimum atomic E-state index is -0.0265. The monoisotopic (exact) mass is 298 g/mol. The summed E-state index contributed by atoms with van der Waals surface area (Å²) in [4.78, 5) is 16.4. The third kappa shape index (κ3) is 3.39. The van der Waals surface area contributed by atoms with Crippen LogP contribution >= 0.6 is 0 Å². The summed E-state index contributed by atoms with van der Waals surface area (Å²) >= 11 is 0. The number of ether oxygens (including phenoxy) is 1. The maximum absolute atomic E-state index is 12.9. The SMILES string of the molecule is CCN(CC)C(=O)N(c1ccccc1)c1ccc(OC)cc1. The van der Waals surface area contributed by atoms with Gasteiger partial charge in [0.25, 0.3) is 0 Å². The van der Waals surface area contributed by atoms with Crippen LogP contribution in [-0.4, -0.2) is 31.1 Å². The van der Waals surface area contributed by atoms with Crippen molar-refractivity contribution in [2.45, 2.75) is 13.8 Å². The molecule has 22 heavy (non-hydrogen) atoms. The van der Waals surface area contributed by atoms with Crippen molar-refractivity contribution in [1.82, 2.24) is 4.90 Å². The van der Waals surface area contributed by atoms with Gasteiger partial charge in [0.2, 0.25) is 0 Å². The summed E-state index contributed by atoms with van der Waals surface area (Å²) < 4.78 is 5.19. The molecule has 0 saturated heterocycles. The topological polar surface area (TPSA) is 32.8 Å². The van der Waals surface area contributed by atoms with Crippen molar-refractivity contribution in [3.05, 3.63) is 54.6 Å². The highest BCUT2D eigenvalue weighted by Crippen LogP contribution is 2.28. The summed E-state index contributed by atoms with van der Waals surface area (Å²) in [6.07, 6.45) is 0. The fraction of sp³-hybridized carbons (Fsp3) is 0.278. The maximum Gasteiger partial charge on any atom is 0.329 e. The van der Waals surface area contributed by atoms with Gasteiger partial charge in [0.1, 0.15) is 5.75 Å². The average molecular weight is 298 g/mol. The standard InChI is InChI=1S/C18H22N2O2/c1-4-19(5-2)18(21)20(15-9-7-6-8-10-15)16-11-13-17(22-3)14-12-16/h6-14H,4-5H2,1-3H3. The number of anilines is 2. The molecule has 4 heteroatoms. The summed E-state index contributed by atoms with van der Waals surface area (Å²) in [7, 11) is 1.63. The zero-order chi connectivity index (χ0) is 15.9. The van der Waals surface area contributed by atoms with Gasteiger partial charge in [-0.1, -0.05) is 18.2 Å². The highest BCUT2D eigenvalue weighted by atomic mass is 16.5. The average Bonchev–Trinajstić information content (AvgIpc) is 2.58. The Bertz CT molecular complexity index is 592. The first-order chi connectivity index (χ1) is 10.7. The van der Waals surface area contributed by atoms with Crippen LogP contribution in [0.5, 0.6) is 5.75 Å². The molecule has 0 unspecified atom stereocenters. The molecule has 0 bridgehead atoms. The Labute approximate surface area is 131 Å². The van der Waals surface area contributed by atoms with E-state index in [1.54, 1.807) is 16.9 Å². The molecule has 0 N–H and O–H groups in total. The predicted octanol–water partition coefficient (Wildman–Crippen LogP) is 4.30. The minimum absolute atomic E-state index is 0.0265. The summed E-state index contributed by atoms with van der Waals surface area (Å²) in [5.41, 5.74) is 1.67. The van der Waals surface area contributed by atoms with Crippen molar-refractivity contribution < 1.29 is 9.53 Å². The molecule has 0 aliphatic heterocycles. The Hall–Kier alpha value is -2.49. The van der Waals surface area contributed by atoms with Gasteiger partial charge in [0, 0.05) is 13.1 Å². The molecule has 0 aliphatic rings. The Morgan fingerprint density at radius 2 is 1.45 bits per heavy atom. The van der Waals surface area contributed by atoms with Crippen LogP contribution in [0.4, 0.5) is 16.2 Å². The lowest BCUT2D eigenvalue weighted by molar-refractivity contribution is 0.212. The molecule has 0 saturated carbocycles. The summed E-state index contributed by atoms with van der Waals surface area (Å²) in [5, 5.41) is 0. The smallest absolute Gasteiger partial charge is 0.329 e. The number of amides is 2. The summed E-state index contributed by atoms with van der Waals surface area (Å²) in [6, 6.07) is 17.2. The first-order valence-electron chi connectivity index (χ1n) is 7.49. The molecule has 0 atom stereocenters. The molecule has 0 heterocycles. The molecule has 2 aromatic carbocycles. The fourth-order valence-electron chi connectivity index (χ4n) is 2.31. The number of hydrogen-bond donors (Lipinski definition) is 0. The van der Waals surface area contributed by atoms with E-state index in [4.69, 9.17) is 4.74 Å². The van der Waals surface area contributed by atoms with E-state index in [1.165, 1.54) is 0 Å². The molecule has 2 rings (SSSR count). The van der Waals surface area contributed by atoms with Crippen molar-refractivity contribution in [2.24, 2.45) is 0 Å². The first-order valence-corrected chi connectivity index (χ1v) is 7.49. The zero-order valence-electron chi connectivity index (χ0n) is 13.3. The molecule has 0 aromatic heterocycles. The number of para-hydroxylation sites is 1. The number of carbonyl (C=O) groups excluding carboxylic acids is 1. The van der Waals surface area contributed by atoms with Crippen molar-refractivity contribution in [1.29, 1.82) is 0 Å². The third-order valence-corrected chi connectivity index (χ3v) is 3.57. The number of methoxy groups -OCH3 is 1. The number of rotatable bonds is 5. The first kappa shape index (κ1) is 15.9. The largest absolute Gasteiger partial charge is 0.497 e. The molecule has 0 radical (unpaired) electrons. The lowest BCUT2D eigenvalue weighted by Gasteiger charge is -2.29. The molecule has 116 valence electrons. The van der Waals surface area contributed by atoms with E-state index < -0.39 is 0 Å². The van der Waals surface area contributed by atoms with Crippen LogP contribution in [-0.2, 0) is 0 Å². The zero-order valence-corrected chi connectivity index (χ0v) is 13.3. The van der Waals surface area contributed by atoms with E-state index in [1.807, 2.05) is 68.4 Å². The van der Waals surface area contributed by atoms with Gasteiger partial charge >= 0.3 is 6.03 Å². The van der Waals surface area contributed by atoms with Crippen molar-refractivity contribution in [3.63, 3.8) is 0 Å². The van der Waals surface area contributed by atoms with E-state index in [0.717, 1.165) is 17.1 Å². The number of carbonyl (C=O) groups is 1. The minimum Gasteiger partial charge on any atom is -0.497 e. The second kappa shape index (κ2) is 7.50. The summed E-state index contributed by atoms with van der Waals surface area (Å²) in [5.74, 6) is 0.770. The van der Waals surface area contributed by atoms with Crippen LogP contribution in [0.15, 0.2) is 54.6 Å². The Morgan fingerprint density at radius 1 is 0.909 bits per heavy atom. The number of hydrogen-bond acceptors (Lipinski definition) is 2. The molecule has 0 spiro atoms. The molecule has 4 nitrogen and oxygen atoms in total. The van der Waals surface area contributed by atoms with Gasteiger partial charge in [-0.15, -0.1) is 0 Å². The van der Waals surface area contributed by atoms with Gasteiger partial charge in [-0.05, 0) is 50.2 Å². The molecule has 2 amide bonds. The van der Waals surface area contributed by atoms with Crippen molar-refractivity contribution in [2.75, 3.05) is 25.1 Å². The molecular weight excluding hydrogens is 276 g/mol. The van der Waals surface area contributed by atoms with E-state index in [2.05, 4.69) is 0 Å². The van der Waals surface area contributed by atoms with Crippen LogP contribution in [0.3, 0.4) is 0 Å². The normalized spacial score (nSPS) is 10.1. The Balaban J connectivity index is 2.43. The number of benzene rings is 2. The van der Waals surface area contributed by atoms with Gasteiger partial charge in [-0.2, -0.15) is 0 Å². The third-order valence-electron chi connectivity index (χ3n) is 3.57. The van der Waals surface area contributed by atoms with Gasteiger partial charge in [0.05, 0.1) is 18.5 Å². The highest BCUT2D eigenvalue weighted by molar-refractivity contribution is 5.99.